The van der Waals surface area contributed by atoms with Crippen LogP contribution < -0.4 is 0 Å². The molecule has 3 heterocycles. The summed E-state index contributed by atoms with van der Waals surface area (Å²) in [5.41, 5.74) is 0.715. The average molecular weight is 402 g/mol. The zero-order valence-electron chi connectivity index (χ0n) is 18.3. The molecule has 1 saturated carbocycles. The molecule has 1 atom stereocenters. The lowest BCUT2D eigenvalue weighted by Crippen LogP contribution is -2.48. The number of nitrogens with zero attached hydrogens (tertiary/aromatic N) is 5. The number of aromatic nitrogens is 2. The van der Waals surface area contributed by atoms with Crippen LogP contribution in [0.25, 0.3) is 0 Å². The number of rotatable bonds is 7. The molecule has 0 bridgehead atoms. The molecule has 0 unspecified atom stereocenters. The molecule has 1 aromatic rings. The van der Waals surface area contributed by atoms with Crippen molar-refractivity contribution in [2.45, 2.75) is 63.8 Å². The minimum absolute atomic E-state index is 0.153. The van der Waals surface area contributed by atoms with E-state index in [-0.39, 0.29) is 5.91 Å². The van der Waals surface area contributed by atoms with Crippen molar-refractivity contribution in [3.05, 3.63) is 18.0 Å². The molecular formula is C23H39N5O. The number of hydrogen-bond acceptors (Lipinski definition) is 4. The highest BCUT2D eigenvalue weighted by Crippen LogP contribution is 2.28. The van der Waals surface area contributed by atoms with Crippen LogP contribution in [0.5, 0.6) is 0 Å². The molecule has 3 aliphatic rings. The molecule has 2 saturated heterocycles. The van der Waals surface area contributed by atoms with Gasteiger partial charge >= 0.3 is 0 Å². The third kappa shape index (κ3) is 5.40. The summed E-state index contributed by atoms with van der Waals surface area (Å²) in [6.07, 6.45) is 13.8. The lowest BCUT2D eigenvalue weighted by molar-refractivity contribution is 0.0600. The summed E-state index contributed by atoms with van der Waals surface area (Å²) in [4.78, 5) is 20.8. The molecule has 0 radical (unpaired) electrons. The second-order valence-electron chi connectivity index (χ2n) is 9.43. The molecule has 0 spiro atoms. The Balaban J connectivity index is 1.39. The molecular weight excluding hydrogens is 362 g/mol. The van der Waals surface area contributed by atoms with E-state index < -0.39 is 0 Å². The fraction of sp³-hybridized carbons (Fsp3) is 0.826. The molecule has 4 rings (SSSR count). The third-order valence-electron chi connectivity index (χ3n) is 7.33. The molecule has 1 amide bonds. The van der Waals surface area contributed by atoms with Gasteiger partial charge in [-0.3, -0.25) is 9.48 Å². The Kier molecular flexibility index (Phi) is 7.24. The zero-order chi connectivity index (χ0) is 20.1. The van der Waals surface area contributed by atoms with E-state index in [1.54, 1.807) is 10.9 Å². The Labute approximate surface area is 176 Å². The largest absolute Gasteiger partial charge is 0.336 e. The molecule has 6 nitrogen and oxygen atoms in total. The van der Waals surface area contributed by atoms with Crippen LogP contribution in [-0.4, -0.2) is 82.2 Å². The van der Waals surface area contributed by atoms with E-state index in [0.717, 1.165) is 25.7 Å². The summed E-state index contributed by atoms with van der Waals surface area (Å²) >= 11 is 0. The van der Waals surface area contributed by atoms with Gasteiger partial charge in [-0.05, 0) is 70.1 Å². The highest BCUT2D eigenvalue weighted by molar-refractivity contribution is 5.92. The van der Waals surface area contributed by atoms with E-state index in [2.05, 4.69) is 19.8 Å². The number of amides is 1. The van der Waals surface area contributed by atoms with Crippen LogP contribution in [0.2, 0.25) is 0 Å². The average Bonchev–Trinajstić information content (AvgIpc) is 3.43. The number of piperidine rings is 2. The molecule has 162 valence electrons. The standard InChI is InChI=1S/C23H39N5O/c1-25-22(11-12-24-25)23(29)28(17-16-26-13-5-2-6-14-26)19-20-8-7-15-27(18-20)21-9-3-4-10-21/h11-12,20-21H,2-10,13-19H2,1H3/t20-/m0/s1. The van der Waals surface area contributed by atoms with Crippen molar-refractivity contribution >= 4 is 5.91 Å². The SMILES string of the molecule is Cn1nccc1C(=O)N(CCN1CCCCC1)C[C@H]1CCCN(C2CCCC2)C1. The summed E-state index contributed by atoms with van der Waals surface area (Å²) < 4.78 is 1.72. The van der Waals surface area contributed by atoms with E-state index in [1.165, 1.54) is 84.0 Å². The lowest BCUT2D eigenvalue weighted by atomic mass is 9.95. The summed E-state index contributed by atoms with van der Waals surface area (Å²) in [7, 11) is 1.87. The van der Waals surface area contributed by atoms with E-state index >= 15 is 0 Å². The second kappa shape index (κ2) is 10.1. The van der Waals surface area contributed by atoms with Crippen LogP contribution in [0, 0.1) is 5.92 Å². The maximum Gasteiger partial charge on any atom is 0.272 e. The van der Waals surface area contributed by atoms with Crippen LogP contribution in [0.1, 0.15) is 68.3 Å². The summed E-state index contributed by atoms with van der Waals surface area (Å²) in [5, 5.41) is 4.23. The Bertz CT molecular complexity index is 647. The Morgan fingerprint density at radius 2 is 1.86 bits per heavy atom. The number of carbonyl (C=O) groups is 1. The maximum absolute atomic E-state index is 13.3. The predicted molar refractivity (Wildman–Crippen MR) is 116 cm³/mol. The molecule has 1 aliphatic carbocycles. The zero-order valence-corrected chi connectivity index (χ0v) is 18.3. The second-order valence-corrected chi connectivity index (χ2v) is 9.43. The van der Waals surface area contributed by atoms with Gasteiger partial charge in [0.05, 0.1) is 0 Å². The van der Waals surface area contributed by atoms with Crippen molar-refractivity contribution in [1.29, 1.82) is 0 Å². The van der Waals surface area contributed by atoms with Crippen molar-refractivity contribution in [3.8, 4) is 0 Å². The predicted octanol–water partition coefficient (Wildman–Crippen LogP) is 3.00. The number of likely N-dealkylation sites (tertiary alicyclic amines) is 2. The topological polar surface area (TPSA) is 44.6 Å². The van der Waals surface area contributed by atoms with Crippen molar-refractivity contribution in [3.63, 3.8) is 0 Å². The fourth-order valence-electron chi connectivity index (χ4n) is 5.63. The third-order valence-corrected chi connectivity index (χ3v) is 7.33. The lowest BCUT2D eigenvalue weighted by Gasteiger charge is -2.39. The summed E-state index contributed by atoms with van der Waals surface area (Å²) in [6.45, 7) is 7.53. The van der Waals surface area contributed by atoms with Gasteiger partial charge in [0.25, 0.3) is 5.91 Å². The van der Waals surface area contributed by atoms with Crippen LogP contribution in [0.4, 0.5) is 0 Å². The normalized spacial score (nSPS) is 24.8. The van der Waals surface area contributed by atoms with Crippen LogP contribution in [-0.2, 0) is 7.05 Å². The first-order valence-electron chi connectivity index (χ1n) is 11.9. The van der Waals surface area contributed by atoms with E-state index in [4.69, 9.17) is 0 Å². The molecule has 2 aliphatic heterocycles. The van der Waals surface area contributed by atoms with Gasteiger partial charge in [0.2, 0.25) is 0 Å². The van der Waals surface area contributed by atoms with Crippen LogP contribution in [0.15, 0.2) is 12.3 Å². The highest BCUT2D eigenvalue weighted by atomic mass is 16.2. The quantitative estimate of drug-likeness (QED) is 0.705. The number of aryl methyl sites for hydroxylation is 1. The first-order chi connectivity index (χ1) is 14.2. The Morgan fingerprint density at radius 3 is 2.59 bits per heavy atom. The number of hydrogen-bond donors (Lipinski definition) is 0. The van der Waals surface area contributed by atoms with Gasteiger partial charge in [-0.15, -0.1) is 0 Å². The van der Waals surface area contributed by atoms with E-state index in [0.29, 0.717) is 11.6 Å². The van der Waals surface area contributed by atoms with Gasteiger partial charge in [-0.2, -0.15) is 5.10 Å². The molecule has 29 heavy (non-hydrogen) atoms. The van der Waals surface area contributed by atoms with Crippen LogP contribution >= 0.6 is 0 Å². The van der Waals surface area contributed by atoms with Crippen molar-refractivity contribution in [2.75, 3.05) is 45.8 Å². The van der Waals surface area contributed by atoms with Crippen LogP contribution in [0.3, 0.4) is 0 Å². The maximum atomic E-state index is 13.3. The summed E-state index contributed by atoms with van der Waals surface area (Å²) in [5.74, 6) is 0.753. The van der Waals surface area contributed by atoms with Crippen molar-refractivity contribution in [1.82, 2.24) is 24.5 Å². The molecule has 1 aromatic heterocycles. The van der Waals surface area contributed by atoms with Gasteiger partial charge in [-0.25, -0.2) is 0 Å². The smallest absolute Gasteiger partial charge is 0.272 e. The Hall–Kier alpha value is -1.40. The molecule has 0 N–H and O–H groups in total. The first-order valence-corrected chi connectivity index (χ1v) is 11.9. The van der Waals surface area contributed by atoms with Crippen molar-refractivity contribution in [2.24, 2.45) is 13.0 Å². The fourth-order valence-corrected chi connectivity index (χ4v) is 5.63. The van der Waals surface area contributed by atoms with Gasteiger partial charge in [0.15, 0.2) is 0 Å². The minimum Gasteiger partial charge on any atom is -0.336 e. The monoisotopic (exact) mass is 401 g/mol. The van der Waals surface area contributed by atoms with E-state index in [1.807, 2.05) is 13.1 Å². The minimum atomic E-state index is 0.153. The molecule has 3 fully saturated rings. The number of carbonyl (C=O) groups excluding carboxylic acids is 1. The Morgan fingerprint density at radius 1 is 1.07 bits per heavy atom. The van der Waals surface area contributed by atoms with E-state index in [9.17, 15) is 4.79 Å². The highest BCUT2D eigenvalue weighted by Gasteiger charge is 2.30. The summed E-state index contributed by atoms with van der Waals surface area (Å²) in [6, 6.07) is 2.66. The van der Waals surface area contributed by atoms with Gasteiger partial charge in [0.1, 0.15) is 5.69 Å². The van der Waals surface area contributed by atoms with Gasteiger partial charge in [0, 0.05) is 45.5 Å². The molecule has 6 heteroatoms. The van der Waals surface area contributed by atoms with Crippen molar-refractivity contribution < 1.29 is 4.79 Å². The first kappa shape index (κ1) is 20.9. The van der Waals surface area contributed by atoms with Gasteiger partial charge in [-0.1, -0.05) is 19.3 Å². The van der Waals surface area contributed by atoms with Gasteiger partial charge < -0.3 is 14.7 Å². The molecule has 0 aromatic carbocycles.